The molecule has 130 valence electrons. The number of hydrogen-bond acceptors (Lipinski definition) is 3. The molecule has 0 radical (unpaired) electrons. The first-order valence-corrected chi connectivity index (χ1v) is 8.70. The van der Waals surface area contributed by atoms with Gasteiger partial charge in [-0.15, -0.1) is 0 Å². The Hall–Kier alpha value is -2.82. The topological polar surface area (TPSA) is 61.4 Å². The van der Waals surface area contributed by atoms with E-state index in [0.717, 1.165) is 22.4 Å². The highest BCUT2D eigenvalue weighted by atomic mass is 35.5. The zero-order valence-corrected chi connectivity index (χ0v) is 14.6. The van der Waals surface area contributed by atoms with Crippen molar-refractivity contribution in [1.29, 1.82) is 0 Å². The van der Waals surface area contributed by atoms with Crippen molar-refractivity contribution in [2.24, 2.45) is 0 Å². The third-order valence-electron chi connectivity index (χ3n) is 4.54. The predicted octanol–water partition coefficient (Wildman–Crippen LogP) is 4.42. The SMILES string of the molecule is O=C1Nc2ccc(Cl)cc2C(c2ccc(O)cc2)NC1c1ccccc1. The van der Waals surface area contributed by atoms with Gasteiger partial charge in [-0.3, -0.25) is 10.1 Å². The fraction of sp³-hybridized carbons (Fsp3) is 0.0952. The minimum Gasteiger partial charge on any atom is -0.508 e. The van der Waals surface area contributed by atoms with Crippen molar-refractivity contribution in [3.8, 4) is 5.75 Å². The van der Waals surface area contributed by atoms with E-state index < -0.39 is 6.04 Å². The Morgan fingerprint density at radius 2 is 1.54 bits per heavy atom. The second-order valence-electron chi connectivity index (χ2n) is 6.26. The van der Waals surface area contributed by atoms with Gasteiger partial charge in [0.15, 0.2) is 0 Å². The molecule has 0 spiro atoms. The van der Waals surface area contributed by atoms with Crippen LogP contribution in [0.25, 0.3) is 0 Å². The molecule has 2 unspecified atom stereocenters. The predicted molar refractivity (Wildman–Crippen MR) is 102 cm³/mol. The van der Waals surface area contributed by atoms with Gasteiger partial charge in [0.2, 0.25) is 5.91 Å². The van der Waals surface area contributed by atoms with Gasteiger partial charge in [0.05, 0.1) is 6.04 Å². The smallest absolute Gasteiger partial charge is 0.246 e. The van der Waals surface area contributed by atoms with E-state index in [-0.39, 0.29) is 17.7 Å². The third-order valence-corrected chi connectivity index (χ3v) is 4.77. The highest BCUT2D eigenvalue weighted by Crippen LogP contribution is 2.36. The number of phenolic OH excluding ortho intramolecular Hbond substituents is 1. The van der Waals surface area contributed by atoms with Crippen LogP contribution in [-0.4, -0.2) is 11.0 Å². The average Bonchev–Trinajstić information content (AvgIpc) is 2.79. The standard InChI is InChI=1S/C21H17ClN2O2/c22-15-8-11-18-17(12-15)19(14-6-9-16(25)10-7-14)24-20(21(26)23-18)13-4-2-1-3-5-13/h1-12,19-20,24-25H,(H,23,26). The first kappa shape index (κ1) is 16.6. The Balaban J connectivity index is 1.84. The number of rotatable bonds is 2. The molecule has 3 aromatic rings. The lowest BCUT2D eigenvalue weighted by atomic mass is 9.96. The van der Waals surface area contributed by atoms with Crippen molar-refractivity contribution in [2.75, 3.05) is 5.32 Å². The van der Waals surface area contributed by atoms with E-state index in [9.17, 15) is 9.90 Å². The number of anilines is 1. The van der Waals surface area contributed by atoms with Crippen molar-refractivity contribution in [2.45, 2.75) is 12.1 Å². The van der Waals surface area contributed by atoms with Crippen molar-refractivity contribution >= 4 is 23.2 Å². The highest BCUT2D eigenvalue weighted by Gasteiger charge is 2.31. The number of benzene rings is 3. The fourth-order valence-corrected chi connectivity index (χ4v) is 3.44. The maximum absolute atomic E-state index is 12.8. The lowest BCUT2D eigenvalue weighted by molar-refractivity contribution is -0.118. The van der Waals surface area contributed by atoms with Gasteiger partial charge in [-0.1, -0.05) is 54.1 Å². The highest BCUT2D eigenvalue weighted by molar-refractivity contribution is 6.30. The Bertz CT molecular complexity index is 942. The number of amides is 1. The third kappa shape index (κ3) is 3.17. The van der Waals surface area contributed by atoms with Gasteiger partial charge in [-0.25, -0.2) is 0 Å². The molecule has 4 nitrogen and oxygen atoms in total. The van der Waals surface area contributed by atoms with E-state index in [0.29, 0.717) is 5.02 Å². The second-order valence-corrected chi connectivity index (χ2v) is 6.69. The number of halogens is 1. The molecule has 0 aromatic heterocycles. The lowest BCUT2D eigenvalue weighted by Gasteiger charge is -2.23. The maximum atomic E-state index is 12.8. The maximum Gasteiger partial charge on any atom is 0.246 e. The van der Waals surface area contributed by atoms with Crippen LogP contribution in [0.5, 0.6) is 5.75 Å². The summed E-state index contributed by atoms with van der Waals surface area (Å²) in [6, 6.07) is 21.2. The van der Waals surface area contributed by atoms with Crippen LogP contribution in [0.15, 0.2) is 72.8 Å². The van der Waals surface area contributed by atoms with Crippen LogP contribution in [0.1, 0.15) is 28.8 Å². The minimum absolute atomic E-state index is 0.124. The molecule has 3 aromatic carbocycles. The monoisotopic (exact) mass is 364 g/mol. The zero-order valence-electron chi connectivity index (χ0n) is 13.8. The summed E-state index contributed by atoms with van der Waals surface area (Å²) in [5.74, 6) is 0.0727. The van der Waals surface area contributed by atoms with Gasteiger partial charge < -0.3 is 10.4 Å². The number of hydrogen-bond donors (Lipinski definition) is 3. The van der Waals surface area contributed by atoms with Gasteiger partial charge in [-0.05, 0) is 47.0 Å². The van der Waals surface area contributed by atoms with Crippen LogP contribution >= 0.6 is 11.6 Å². The van der Waals surface area contributed by atoms with Gasteiger partial charge in [0.25, 0.3) is 0 Å². The van der Waals surface area contributed by atoms with Crippen LogP contribution in [-0.2, 0) is 4.79 Å². The summed E-state index contributed by atoms with van der Waals surface area (Å²) in [7, 11) is 0. The summed E-state index contributed by atoms with van der Waals surface area (Å²) in [4.78, 5) is 12.8. The summed E-state index contributed by atoms with van der Waals surface area (Å²) in [5.41, 5.74) is 3.43. The quantitative estimate of drug-likeness (QED) is 0.631. The van der Waals surface area contributed by atoms with E-state index in [1.165, 1.54) is 0 Å². The van der Waals surface area contributed by atoms with Crippen molar-refractivity contribution in [3.63, 3.8) is 0 Å². The van der Waals surface area contributed by atoms with Crippen molar-refractivity contribution in [3.05, 3.63) is 94.5 Å². The number of carbonyl (C=O) groups is 1. The summed E-state index contributed by atoms with van der Waals surface area (Å²) in [5, 5.41) is 16.7. The van der Waals surface area contributed by atoms with Gasteiger partial charge in [0, 0.05) is 10.7 Å². The van der Waals surface area contributed by atoms with Crippen LogP contribution in [0.3, 0.4) is 0 Å². The minimum atomic E-state index is -0.513. The van der Waals surface area contributed by atoms with E-state index in [4.69, 9.17) is 11.6 Å². The Morgan fingerprint density at radius 3 is 2.27 bits per heavy atom. The number of fused-ring (bicyclic) bond motifs is 1. The first-order chi connectivity index (χ1) is 12.6. The summed E-state index contributed by atoms with van der Waals surface area (Å²) < 4.78 is 0. The summed E-state index contributed by atoms with van der Waals surface area (Å²) >= 11 is 6.22. The van der Waals surface area contributed by atoms with E-state index in [1.54, 1.807) is 18.2 Å². The average molecular weight is 365 g/mol. The lowest BCUT2D eigenvalue weighted by Crippen LogP contribution is -2.32. The molecule has 0 saturated heterocycles. The molecule has 5 heteroatoms. The van der Waals surface area contributed by atoms with Crippen molar-refractivity contribution in [1.82, 2.24) is 5.32 Å². The molecule has 2 atom stereocenters. The van der Waals surface area contributed by atoms with E-state index >= 15 is 0 Å². The largest absolute Gasteiger partial charge is 0.508 e. The Labute approximate surface area is 156 Å². The number of nitrogens with one attached hydrogen (secondary N) is 2. The second kappa shape index (κ2) is 6.83. The number of aromatic hydroxyl groups is 1. The van der Waals surface area contributed by atoms with Gasteiger partial charge in [0.1, 0.15) is 11.8 Å². The fourth-order valence-electron chi connectivity index (χ4n) is 3.26. The molecule has 3 N–H and O–H groups in total. The molecular formula is C21H17ClN2O2. The molecule has 1 aliphatic rings. The molecule has 0 bridgehead atoms. The van der Waals surface area contributed by atoms with Gasteiger partial charge in [-0.2, -0.15) is 0 Å². The first-order valence-electron chi connectivity index (χ1n) is 8.32. The molecule has 0 aliphatic carbocycles. The number of carbonyl (C=O) groups excluding carboxylic acids is 1. The molecular weight excluding hydrogens is 348 g/mol. The molecule has 0 fully saturated rings. The summed E-state index contributed by atoms with van der Waals surface area (Å²) in [6.07, 6.45) is 0. The number of phenols is 1. The van der Waals surface area contributed by atoms with Crippen LogP contribution in [0, 0.1) is 0 Å². The zero-order chi connectivity index (χ0) is 18.1. The van der Waals surface area contributed by atoms with Crippen LogP contribution in [0.4, 0.5) is 5.69 Å². The van der Waals surface area contributed by atoms with E-state index in [1.807, 2.05) is 54.6 Å². The molecule has 1 amide bonds. The van der Waals surface area contributed by atoms with E-state index in [2.05, 4.69) is 10.6 Å². The molecule has 4 rings (SSSR count). The van der Waals surface area contributed by atoms with Crippen molar-refractivity contribution < 1.29 is 9.90 Å². The Kier molecular flexibility index (Phi) is 4.37. The molecule has 1 heterocycles. The van der Waals surface area contributed by atoms with Gasteiger partial charge >= 0.3 is 0 Å². The van der Waals surface area contributed by atoms with Crippen LogP contribution in [0.2, 0.25) is 5.02 Å². The molecule has 0 saturated carbocycles. The molecule has 1 aliphatic heterocycles. The normalized spacial score (nSPS) is 19.3. The Morgan fingerprint density at radius 1 is 0.846 bits per heavy atom. The summed E-state index contributed by atoms with van der Waals surface area (Å²) in [6.45, 7) is 0. The molecule has 26 heavy (non-hydrogen) atoms. The van der Waals surface area contributed by atoms with Crippen LogP contribution < -0.4 is 10.6 Å².